The van der Waals surface area contributed by atoms with Crippen LogP contribution < -0.4 is 5.32 Å². The van der Waals surface area contributed by atoms with E-state index in [9.17, 15) is 0 Å². The van der Waals surface area contributed by atoms with Crippen LogP contribution in [0.25, 0.3) is 0 Å². The molecule has 1 N–H and O–H groups in total. The fourth-order valence-corrected chi connectivity index (χ4v) is 2.73. The molecule has 0 saturated carbocycles. The summed E-state index contributed by atoms with van der Waals surface area (Å²) in [5.41, 5.74) is 1.40. The highest BCUT2D eigenvalue weighted by Crippen LogP contribution is 2.11. The topological polar surface area (TPSA) is 20.2 Å². The molecule has 0 amide bonds. The standard InChI is InChI=1S/C15H27N3/c1-3-7-17-10-6-15(13-17)12-16-11-14(2)18-8-4-5-9-18/h6,10,13-14,16H,3-5,7-9,11-12H2,1-2H3. The molecule has 1 aromatic heterocycles. The largest absolute Gasteiger partial charge is 0.354 e. The Hall–Kier alpha value is -0.800. The first-order valence-electron chi connectivity index (χ1n) is 7.39. The van der Waals surface area contributed by atoms with Gasteiger partial charge in [-0.3, -0.25) is 4.90 Å². The molecule has 0 spiro atoms. The van der Waals surface area contributed by atoms with Crippen LogP contribution in [0.3, 0.4) is 0 Å². The number of rotatable bonds is 7. The van der Waals surface area contributed by atoms with Gasteiger partial charge in [0.2, 0.25) is 0 Å². The zero-order valence-electron chi connectivity index (χ0n) is 11.9. The van der Waals surface area contributed by atoms with E-state index in [2.05, 4.69) is 47.1 Å². The number of likely N-dealkylation sites (tertiary alicyclic amines) is 1. The second-order valence-corrected chi connectivity index (χ2v) is 5.48. The van der Waals surface area contributed by atoms with Crippen LogP contribution in [-0.4, -0.2) is 35.1 Å². The average Bonchev–Trinajstić information content (AvgIpc) is 3.00. The lowest BCUT2D eigenvalue weighted by atomic mass is 10.2. The van der Waals surface area contributed by atoms with E-state index in [-0.39, 0.29) is 0 Å². The van der Waals surface area contributed by atoms with Gasteiger partial charge in [-0.05, 0) is 50.9 Å². The molecule has 1 atom stereocenters. The third-order valence-electron chi connectivity index (χ3n) is 3.83. The first-order chi connectivity index (χ1) is 8.79. The second kappa shape index (κ2) is 6.95. The molecule has 2 rings (SSSR count). The van der Waals surface area contributed by atoms with Crippen molar-refractivity contribution in [2.45, 2.75) is 52.2 Å². The number of hydrogen-bond acceptors (Lipinski definition) is 2. The summed E-state index contributed by atoms with van der Waals surface area (Å²) in [4.78, 5) is 2.59. The predicted molar refractivity (Wildman–Crippen MR) is 76.7 cm³/mol. The molecule has 1 aliphatic rings. The summed E-state index contributed by atoms with van der Waals surface area (Å²) in [6.45, 7) is 10.3. The highest BCUT2D eigenvalue weighted by atomic mass is 15.2. The van der Waals surface area contributed by atoms with Gasteiger partial charge in [-0.2, -0.15) is 0 Å². The normalized spacial score (nSPS) is 18.3. The zero-order chi connectivity index (χ0) is 12.8. The van der Waals surface area contributed by atoms with Gasteiger partial charge in [-0.15, -0.1) is 0 Å². The van der Waals surface area contributed by atoms with E-state index in [1.165, 1.54) is 37.9 Å². The van der Waals surface area contributed by atoms with Gasteiger partial charge in [0.25, 0.3) is 0 Å². The Morgan fingerprint density at radius 1 is 1.33 bits per heavy atom. The highest BCUT2D eigenvalue weighted by Gasteiger charge is 2.17. The van der Waals surface area contributed by atoms with E-state index < -0.39 is 0 Å². The summed E-state index contributed by atoms with van der Waals surface area (Å²) in [5.74, 6) is 0. The molecule has 102 valence electrons. The maximum absolute atomic E-state index is 3.58. The van der Waals surface area contributed by atoms with Crippen molar-refractivity contribution in [1.82, 2.24) is 14.8 Å². The quantitative estimate of drug-likeness (QED) is 0.801. The van der Waals surface area contributed by atoms with Crippen LogP contribution in [0.5, 0.6) is 0 Å². The molecular formula is C15H27N3. The van der Waals surface area contributed by atoms with E-state index in [1.807, 2.05) is 0 Å². The Bertz CT molecular complexity index is 339. The third-order valence-corrected chi connectivity index (χ3v) is 3.83. The van der Waals surface area contributed by atoms with Crippen molar-refractivity contribution in [3.63, 3.8) is 0 Å². The van der Waals surface area contributed by atoms with Crippen LogP contribution in [0, 0.1) is 0 Å². The minimum absolute atomic E-state index is 0.672. The minimum atomic E-state index is 0.672. The summed E-state index contributed by atoms with van der Waals surface area (Å²) in [6, 6.07) is 2.90. The lowest BCUT2D eigenvalue weighted by Crippen LogP contribution is -2.38. The van der Waals surface area contributed by atoms with Crippen molar-refractivity contribution in [2.24, 2.45) is 0 Å². The number of aromatic nitrogens is 1. The van der Waals surface area contributed by atoms with Crippen molar-refractivity contribution in [3.05, 3.63) is 24.0 Å². The maximum atomic E-state index is 3.58. The Kier molecular flexibility index (Phi) is 5.26. The van der Waals surface area contributed by atoms with E-state index >= 15 is 0 Å². The predicted octanol–water partition coefficient (Wildman–Crippen LogP) is 2.47. The molecule has 1 aromatic rings. The molecule has 2 heterocycles. The number of aryl methyl sites for hydroxylation is 1. The third kappa shape index (κ3) is 3.85. The molecule has 1 unspecified atom stereocenters. The van der Waals surface area contributed by atoms with Crippen molar-refractivity contribution in [1.29, 1.82) is 0 Å². The van der Waals surface area contributed by atoms with Crippen LogP contribution in [0.4, 0.5) is 0 Å². The van der Waals surface area contributed by atoms with Gasteiger partial charge in [0.15, 0.2) is 0 Å². The van der Waals surface area contributed by atoms with E-state index in [0.29, 0.717) is 6.04 Å². The average molecular weight is 249 g/mol. The lowest BCUT2D eigenvalue weighted by Gasteiger charge is -2.23. The Morgan fingerprint density at radius 3 is 2.83 bits per heavy atom. The number of nitrogens with one attached hydrogen (secondary N) is 1. The first-order valence-corrected chi connectivity index (χ1v) is 7.39. The van der Waals surface area contributed by atoms with Gasteiger partial charge >= 0.3 is 0 Å². The fraction of sp³-hybridized carbons (Fsp3) is 0.733. The number of nitrogens with zero attached hydrogens (tertiary/aromatic N) is 2. The SMILES string of the molecule is CCCn1ccc(CNCC(C)N2CCCC2)c1. The molecule has 1 fully saturated rings. The van der Waals surface area contributed by atoms with Crippen molar-refractivity contribution in [2.75, 3.05) is 19.6 Å². The smallest absolute Gasteiger partial charge is 0.0221 e. The molecule has 1 aliphatic heterocycles. The van der Waals surface area contributed by atoms with Gasteiger partial charge in [0, 0.05) is 38.1 Å². The minimum Gasteiger partial charge on any atom is -0.354 e. The van der Waals surface area contributed by atoms with E-state index in [0.717, 1.165) is 19.6 Å². The van der Waals surface area contributed by atoms with Gasteiger partial charge in [0.1, 0.15) is 0 Å². The van der Waals surface area contributed by atoms with Crippen LogP contribution in [-0.2, 0) is 13.1 Å². The number of hydrogen-bond donors (Lipinski definition) is 1. The Morgan fingerprint density at radius 2 is 2.11 bits per heavy atom. The monoisotopic (exact) mass is 249 g/mol. The van der Waals surface area contributed by atoms with Crippen molar-refractivity contribution < 1.29 is 0 Å². The second-order valence-electron chi connectivity index (χ2n) is 5.48. The molecule has 0 aromatic carbocycles. The first kappa shape index (κ1) is 13.6. The van der Waals surface area contributed by atoms with Gasteiger partial charge in [-0.25, -0.2) is 0 Å². The molecular weight excluding hydrogens is 222 g/mol. The molecule has 3 nitrogen and oxygen atoms in total. The summed E-state index contributed by atoms with van der Waals surface area (Å²) in [7, 11) is 0. The van der Waals surface area contributed by atoms with E-state index in [4.69, 9.17) is 0 Å². The van der Waals surface area contributed by atoms with Gasteiger partial charge in [-0.1, -0.05) is 6.92 Å². The molecule has 0 aliphatic carbocycles. The summed E-state index contributed by atoms with van der Waals surface area (Å²) in [6.07, 6.45) is 8.41. The highest BCUT2D eigenvalue weighted by molar-refractivity contribution is 5.09. The van der Waals surface area contributed by atoms with Crippen LogP contribution in [0.15, 0.2) is 18.5 Å². The molecule has 3 heteroatoms. The van der Waals surface area contributed by atoms with Gasteiger partial charge < -0.3 is 9.88 Å². The van der Waals surface area contributed by atoms with Crippen LogP contribution >= 0.6 is 0 Å². The van der Waals surface area contributed by atoms with Gasteiger partial charge in [0.05, 0.1) is 0 Å². The van der Waals surface area contributed by atoms with Crippen molar-refractivity contribution >= 4 is 0 Å². The molecule has 0 bridgehead atoms. The summed E-state index contributed by atoms with van der Waals surface area (Å²) >= 11 is 0. The van der Waals surface area contributed by atoms with Crippen LogP contribution in [0.1, 0.15) is 38.7 Å². The molecule has 0 radical (unpaired) electrons. The summed E-state index contributed by atoms with van der Waals surface area (Å²) in [5, 5.41) is 3.58. The zero-order valence-corrected chi connectivity index (χ0v) is 11.9. The van der Waals surface area contributed by atoms with Crippen molar-refractivity contribution in [3.8, 4) is 0 Å². The fourth-order valence-electron chi connectivity index (χ4n) is 2.73. The molecule has 18 heavy (non-hydrogen) atoms. The lowest BCUT2D eigenvalue weighted by molar-refractivity contribution is 0.251. The molecule has 1 saturated heterocycles. The van der Waals surface area contributed by atoms with E-state index in [1.54, 1.807) is 0 Å². The van der Waals surface area contributed by atoms with Crippen LogP contribution in [0.2, 0.25) is 0 Å². The Balaban J connectivity index is 1.67. The maximum Gasteiger partial charge on any atom is 0.0221 e. The summed E-state index contributed by atoms with van der Waals surface area (Å²) < 4.78 is 2.28. The Labute approximate surface area is 111 Å².